The van der Waals surface area contributed by atoms with E-state index in [1.54, 1.807) is 12.1 Å². The fourth-order valence-electron chi connectivity index (χ4n) is 7.00. The molecule has 4 aromatic rings. The molecule has 4 atom stereocenters. The average molecular weight is 481 g/mol. The number of halogens is 1. The lowest BCUT2D eigenvalue weighted by atomic mass is 9.83. The maximum atomic E-state index is 14.7. The second kappa shape index (κ2) is 8.30. The Morgan fingerprint density at radius 2 is 1.92 bits per heavy atom. The van der Waals surface area contributed by atoms with Gasteiger partial charge < -0.3 is 10.6 Å². The number of nitrogens with zero attached hydrogens (tertiary/aromatic N) is 5. The number of pyridine rings is 2. The summed E-state index contributed by atoms with van der Waals surface area (Å²) in [6.07, 6.45) is 7.91. The monoisotopic (exact) mass is 480 g/mol. The highest BCUT2D eigenvalue weighted by molar-refractivity contribution is 5.72. The highest BCUT2D eigenvalue weighted by atomic mass is 19.1. The van der Waals surface area contributed by atoms with E-state index in [1.165, 1.54) is 11.3 Å². The number of rotatable bonds is 4. The highest BCUT2D eigenvalue weighted by Gasteiger charge is 2.66. The number of aryl methyl sites for hydroxylation is 1. The molecule has 3 aliphatic rings. The molecule has 1 aliphatic heterocycles. The molecule has 7 heteroatoms. The van der Waals surface area contributed by atoms with Gasteiger partial charge in [-0.05, 0) is 72.9 Å². The largest absolute Gasteiger partial charge is 0.355 e. The van der Waals surface area contributed by atoms with Gasteiger partial charge in [-0.15, -0.1) is 0 Å². The molecule has 0 radical (unpaired) electrons. The molecule has 1 saturated carbocycles. The maximum Gasteiger partial charge on any atom is 0.178 e. The number of aromatic nitrogens is 4. The van der Waals surface area contributed by atoms with Crippen molar-refractivity contribution in [3.63, 3.8) is 0 Å². The standard InChI is InChI=1S/C29H29FN6/c30-23-8-2-1-7-21(23)29(17-31)20-12-14-36(16-22(20)29)27-15-33-28-26(34-27)11-10-25(35-28)19-5-3-9-24-18(19)6-4-13-32-24/h1-2,4,6-8,10-11,13,15,19-20,22H,3,5,9,12,14,16-17,31H2/t19?,20?,22?,29-/m1/s1. The first-order chi connectivity index (χ1) is 17.7. The third-order valence-corrected chi connectivity index (χ3v) is 8.84. The van der Waals surface area contributed by atoms with Gasteiger partial charge in [0.25, 0.3) is 0 Å². The third-order valence-electron chi connectivity index (χ3n) is 8.84. The summed E-state index contributed by atoms with van der Waals surface area (Å²) < 4.78 is 14.7. The lowest BCUT2D eigenvalue weighted by Gasteiger charge is -2.27. The van der Waals surface area contributed by atoms with Crippen molar-refractivity contribution in [3.8, 4) is 0 Å². The number of hydrogen-bond acceptors (Lipinski definition) is 6. The average Bonchev–Trinajstić information content (AvgIpc) is 3.60. The minimum absolute atomic E-state index is 0.146. The third kappa shape index (κ3) is 3.25. The van der Waals surface area contributed by atoms with Gasteiger partial charge in [-0.1, -0.05) is 24.3 Å². The molecule has 4 heterocycles. The van der Waals surface area contributed by atoms with Gasteiger partial charge in [0, 0.05) is 42.9 Å². The van der Waals surface area contributed by atoms with Crippen molar-refractivity contribution in [2.24, 2.45) is 17.6 Å². The molecule has 7 rings (SSSR count). The molecule has 3 aromatic heterocycles. The van der Waals surface area contributed by atoms with E-state index in [4.69, 9.17) is 20.7 Å². The van der Waals surface area contributed by atoms with E-state index in [9.17, 15) is 4.39 Å². The van der Waals surface area contributed by atoms with Crippen molar-refractivity contribution in [2.45, 2.75) is 37.0 Å². The van der Waals surface area contributed by atoms with Crippen molar-refractivity contribution in [1.29, 1.82) is 0 Å². The Morgan fingerprint density at radius 1 is 1.00 bits per heavy atom. The summed E-state index contributed by atoms with van der Waals surface area (Å²) in [5.41, 5.74) is 11.7. The number of hydrogen-bond donors (Lipinski definition) is 1. The van der Waals surface area contributed by atoms with Crippen LogP contribution in [0, 0.1) is 17.7 Å². The van der Waals surface area contributed by atoms with Crippen LogP contribution in [-0.4, -0.2) is 39.6 Å². The zero-order valence-corrected chi connectivity index (χ0v) is 20.1. The molecule has 182 valence electrons. The first-order valence-corrected chi connectivity index (χ1v) is 13.0. The first kappa shape index (κ1) is 21.8. The van der Waals surface area contributed by atoms with Crippen LogP contribution in [0.3, 0.4) is 0 Å². The molecule has 2 fully saturated rings. The van der Waals surface area contributed by atoms with Crippen LogP contribution in [0.5, 0.6) is 0 Å². The fourth-order valence-corrected chi connectivity index (χ4v) is 7.00. The Balaban J connectivity index is 1.15. The van der Waals surface area contributed by atoms with Crippen LogP contribution in [0.2, 0.25) is 0 Å². The smallest absolute Gasteiger partial charge is 0.178 e. The van der Waals surface area contributed by atoms with Gasteiger partial charge in [0.05, 0.1) is 11.9 Å². The summed E-state index contributed by atoms with van der Waals surface area (Å²) >= 11 is 0. The summed E-state index contributed by atoms with van der Waals surface area (Å²) in [5.74, 6) is 1.71. The first-order valence-electron chi connectivity index (χ1n) is 13.0. The predicted octanol–water partition coefficient (Wildman–Crippen LogP) is 4.38. The molecule has 36 heavy (non-hydrogen) atoms. The topological polar surface area (TPSA) is 80.8 Å². The molecule has 0 bridgehead atoms. The van der Waals surface area contributed by atoms with Crippen LogP contribution < -0.4 is 10.6 Å². The molecule has 3 unspecified atom stereocenters. The normalized spacial score (nSPS) is 26.9. The van der Waals surface area contributed by atoms with Gasteiger partial charge in [-0.25, -0.2) is 19.3 Å². The van der Waals surface area contributed by atoms with Crippen LogP contribution in [-0.2, 0) is 11.8 Å². The zero-order valence-electron chi connectivity index (χ0n) is 20.1. The van der Waals surface area contributed by atoms with Gasteiger partial charge in [-0.3, -0.25) is 4.98 Å². The summed E-state index contributed by atoms with van der Waals surface area (Å²) in [6.45, 7) is 2.15. The van der Waals surface area contributed by atoms with Crippen molar-refractivity contribution >= 4 is 17.0 Å². The van der Waals surface area contributed by atoms with Crippen molar-refractivity contribution < 1.29 is 4.39 Å². The second-order valence-electron chi connectivity index (χ2n) is 10.5. The molecular formula is C29H29FN6. The minimum atomic E-state index is -0.272. The summed E-state index contributed by atoms with van der Waals surface area (Å²) in [7, 11) is 0. The van der Waals surface area contributed by atoms with E-state index in [0.717, 1.165) is 61.4 Å². The molecule has 1 saturated heterocycles. The van der Waals surface area contributed by atoms with E-state index in [0.29, 0.717) is 24.0 Å². The summed E-state index contributed by atoms with van der Waals surface area (Å²) in [6, 6.07) is 15.4. The number of fused-ring (bicyclic) bond motifs is 3. The Bertz CT molecular complexity index is 1460. The van der Waals surface area contributed by atoms with Crippen LogP contribution in [0.1, 0.15) is 47.7 Å². The van der Waals surface area contributed by atoms with Gasteiger partial charge in [0.1, 0.15) is 17.2 Å². The van der Waals surface area contributed by atoms with Crippen LogP contribution >= 0.6 is 0 Å². The molecule has 0 spiro atoms. The van der Waals surface area contributed by atoms with E-state index in [-0.39, 0.29) is 17.2 Å². The Kier molecular flexibility index (Phi) is 5.03. The minimum Gasteiger partial charge on any atom is -0.355 e. The summed E-state index contributed by atoms with van der Waals surface area (Å²) in [4.78, 5) is 21.4. The van der Waals surface area contributed by atoms with E-state index < -0.39 is 0 Å². The zero-order chi connectivity index (χ0) is 24.3. The molecule has 6 nitrogen and oxygen atoms in total. The quantitative estimate of drug-likeness (QED) is 0.467. The fraction of sp³-hybridized carbons (Fsp3) is 0.379. The SMILES string of the molecule is NC[C@]1(c2ccccc2F)C2CCN(c3cnc4nc(C5CCCc6ncccc65)ccc4n3)CC21. The lowest BCUT2D eigenvalue weighted by Crippen LogP contribution is -2.32. The molecule has 0 amide bonds. The molecule has 1 aromatic carbocycles. The van der Waals surface area contributed by atoms with Crippen LogP contribution in [0.4, 0.5) is 10.2 Å². The predicted molar refractivity (Wildman–Crippen MR) is 137 cm³/mol. The van der Waals surface area contributed by atoms with Crippen molar-refractivity contribution in [1.82, 2.24) is 19.9 Å². The number of anilines is 1. The number of benzene rings is 1. The van der Waals surface area contributed by atoms with Gasteiger partial charge in [0.15, 0.2) is 5.65 Å². The van der Waals surface area contributed by atoms with Crippen molar-refractivity contribution in [3.05, 3.63) is 89.3 Å². The lowest BCUT2D eigenvalue weighted by molar-refractivity contribution is 0.533. The molecule has 2 aliphatic carbocycles. The number of piperidine rings is 1. The van der Waals surface area contributed by atoms with E-state index in [2.05, 4.69) is 22.0 Å². The Hall–Kier alpha value is -3.45. The maximum absolute atomic E-state index is 14.7. The van der Waals surface area contributed by atoms with E-state index >= 15 is 0 Å². The number of nitrogens with two attached hydrogens (primary N) is 1. The van der Waals surface area contributed by atoms with Crippen LogP contribution in [0.25, 0.3) is 11.2 Å². The summed E-state index contributed by atoms with van der Waals surface area (Å²) in [5, 5.41) is 0. The molecule has 2 N–H and O–H groups in total. The van der Waals surface area contributed by atoms with Crippen molar-refractivity contribution in [2.75, 3.05) is 24.5 Å². The molecular weight excluding hydrogens is 451 g/mol. The van der Waals surface area contributed by atoms with E-state index in [1.807, 2.05) is 36.7 Å². The van der Waals surface area contributed by atoms with Gasteiger partial charge in [-0.2, -0.15) is 0 Å². The second-order valence-corrected chi connectivity index (χ2v) is 10.5. The Labute approximate surface area is 209 Å². The van der Waals surface area contributed by atoms with Gasteiger partial charge >= 0.3 is 0 Å². The Morgan fingerprint density at radius 3 is 2.81 bits per heavy atom. The van der Waals surface area contributed by atoms with Crippen LogP contribution in [0.15, 0.2) is 60.9 Å². The van der Waals surface area contributed by atoms with Gasteiger partial charge in [0.2, 0.25) is 0 Å². The highest BCUT2D eigenvalue weighted by Crippen LogP contribution is 2.63.